The van der Waals surface area contributed by atoms with Gasteiger partial charge in [0.25, 0.3) is 0 Å². The van der Waals surface area contributed by atoms with Crippen molar-refractivity contribution in [2.45, 2.75) is 37.8 Å². The van der Waals surface area contributed by atoms with Crippen LogP contribution >= 0.6 is 0 Å². The highest BCUT2D eigenvalue weighted by Crippen LogP contribution is 2.34. The molecule has 2 unspecified atom stereocenters. The number of fused-ring (bicyclic) bond motifs is 1. The second-order valence-electron chi connectivity index (χ2n) is 6.26. The molecule has 4 heterocycles. The molecular formula is C16H22N4O. The topological polar surface area (TPSA) is 43.2 Å². The number of likely N-dealkylation sites (tertiary alicyclic amines) is 1. The maximum Gasteiger partial charge on any atom is 0.162 e. The van der Waals surface area contributed by atoms with Crippen molar-refractivity contribution in [1.29, 1.82) is 0 Å². The number of ether oxygens (including phenoxy) is 1. The normalized spacial score (nSPS) is 27.5. The minimum atomic E-state index is 0.118. The molecule has 0 amide bonds. The number of nitrogens with zero attached hydrogens (tertiary/aromatic N) is 4. The van der Waals surface area contributed by atoms with E-state index < -0.39 is 0 Å². The van der Waals surface area contributed by atoms with E-state index in [1.54, 1.807) is 0 Å². The molecule has 0 N–H and O–H groups in total. The molecule has 0 aromatic carbocycles. The summed E-state index contributed by atoms with van der Waals surface area (Å²) in [6, 6.07) is 4.02. The molecule has 5 heteroatoms. The SMILES string of the molecule is CN1CCCC(c2nc3cccnc3n2C2CCCO2)C1. The Labute approximate surface area is 124 Å². The van der Waals surface area contributed by atoms with E-state index in [-0.39, 0.29) is 6.23 Å². The largest absolute Gasteiger partial charge is 0.358 e. The van der Waals surface area contributed by atoms with Crippen LogP contribution in [0.1, 0.15) is 43.7 Å². The van der Waals surface area contributed by atoms with Crippen molar-refractivity contribution >= 4 is 11.2 Å². The molecule has 0 spiro atoms. The highest BCUT2D eigenvalue weighted by molar-refractivity contribution is 5.71. The summed E-state index contributed by atoms with van der Waals surface area (Å²) < 4.78 is 8.20. The Morgan fingerprint density at radius 1 is 1.29 bits per heavy atom. The number of likely N-dealkylation sites (N-methyl/N-ethyl adjacent to an activating group) is 1. The number of pyridine rings is 1. The third-order valence-electron chi connectivity index (χ3n) is 4.66. The number of imidazole rings is 1. The van der Waals surface area contributed by atoms with Gasteiger partial charge >= 0.3 is 0 Å². The van der Waals surface area contributed by atoms with Crippen molar-refractivity contribution in [1.82, 2.24) is 19.4 Å². The van der Waals surface area contributed by atoms with Crippen LogP contribution in [-0.4, -0.2) is 46.2 Å². The summed E-state index contributed by atoms with van der Waals surface area (Å²) in [5, 5.41) is 0. The number of rotatable bonds is 2. The summed E-state index contributed by atoms with van der Waals surface area (Å²) in [5.74, 6) is 1.66. The van der Waals surface area contributed by atoms with Crippen molar-refractivity contribution in [2.75, 3.05) is 26.7 Å². The number of hydrogen-bond donors (Lipinski definition) is 0. The van der Waals surface area contributed by atoms with Gasteiger partial charge in [0, 0.05) is 25.3 Å². The summed E-state index contributed by atoms with van der Waals surface area (Å²) in [6.45, 7) is 3.12. The van der Waals surface area contributed by atoms with Gasteiger partial charge in [0.05, 0.1) is 0 Å². The highest BCUT2D eigenvalue weighted by Gasteiger charge is 2.29. The van der Waals surface area contributed by atoms with Crippen LogP contribution < -0.4 is 0 Å². The van der Waals surface area contributed by atoms with Gasteiger partial charge in [-0.25, -0.2) is 9.97 Å². The Kier molecular flexibility index (Phi) is 3.39. The zero-order valence-electron chi connectivity index (χ0n) is 12.5. The molecule has 0 radical (unpaired) electrons. The molecule has 112 valence electrons. The first kappa shape index (κ1) is 13.2. The van der Waals surface area contributed by atoms with Gasteiger partial charge in [0.15, 0.2) is 5.65 Å². The quantitative estimate of drug-likeness (QED) is 0.851. The fraction of sp³-hybridized carbons (Fsp3) is 0.625. The Bertz CT molecular complexity index is 632. The molecule has 2 fully saturated rings. The van der Waals surface area contributed by atoms with Crippen molar-refractivity contribution in [3.63, 3.8) is 0 Å². The van der Waals surface area contributed by atoms with Crippen LogP contribution in [0.25, 0.3) is 11.2 Å². The molecule has 0 saturated carbocycles. The average Bonchev–Trinajstić information content (AvgIpc) is 3.14. The van der Waals surface area contributed by atoms with E-state index in [0.29, 0.717) is 5.92 Å². The van der Waals surface area contributed by atoms with Gasteiger partial charge < -0.3 is 9.64 Å². The standard InChI is InChI=1S/C16H22N4O/c1-19-9-3-5-12(11-19)15-18-13-6-2-8-17-16(13)20(15)14-7-4-10-21-14/h2,6,8,12,14H,3-5,7,9-11H2,1H3. The number of piperidine rings is 1. The average molecular weight is 286 g/mol. The van der Waals surface area contributed by atoms with E-state index in [0.717, 1.165) is 37.2 Å². The smallest absolute Gasteiger partial charge is 0.162 e. The van der Waals surface area contributed by atoms with Crippen LogP contribution in [0.4, 0.5) is 0 Å². The van der Waals surface area contributed by atoms with Gasteiger partial charge in [-0.2, -0.15) is 0 Å². The van der Waals surface area contributed by atoms with Crippen LogP contribution in [0.2, 0.25) is 0 Å². The van der Waals surface area contributed by atoms with Gasteiger partial charge in [-0.1, -0.05) is 0 Å². The lowest BCUT2D eigenvalue weighted by molar-refractivity contribution is 0.0549. The molecular weight excluding hydrogens is 264 g/mol. The van der Waals surface area contributed by atoms with Gasteiger partial charge in [0.1, 0.15) is 17.6 Å². The van der Waals surface area contributed by atoms with Gasteiger partial charge in [-0.15, -0.1) is 0 Å². The second kappa shape index (κ2) is 5.39. The number of aromatic nitrogens is 3. The third-order valence-corrected chi connectivity index (χ3v) is 4.66. The molecule has 2 aliphatic rings. The summed E-state index contributed by atoms with van der Waals surface area (Å²) in [7, 11) is 2.20. The Morgan fingerprint density at radius 3 is 3.05 bits per heavy atom. The van der Waals surface area contributed by atoms with Gasteiger partial charge in [-0.05, 0) is 51.4 Å². The fourth-order valence-electron chi connectivity index (χ4n) is 3.66. The monoisotopic (exact) mass is 286 g/mol. The van der Waals surface area contributed by atoms with Crippen molar-refractivity contribution in [3.8, 4) is 0 Å². The zero-order valence-corrected chi connectivity index (χ0v) is 12.5. The predicted molar refractivity (Wildman–Crippen MR) is 81.2 cm³/mol. The lowest BCUT2D eigenvalue weighted by Gasteiger charge is -2.30. The second-order valence-corrected chi connectivity index (χ2v) is 6.26. The molecule has 2 atom stereocenters. The Morgan fingerprint density at radius 2 is 2.24 bits per heavy atom. The Hall–Kier alpha value is -1.46. The maximum absolute atomic E-state index is 5.93. The summed E-state index contributed by atoms with van der Waals surface area (Å²) in [5.41, 5.74) is 1.98. The predicted octanol–water partition coefficient (Wildman–Crippen LogP) is 2.55. The van der Waals surface area contributed by atoms with E-state index in [9.17, 15) is 0 Å². The summed E-state index contributed by atoms with van der Waals surface area (Å²) in [4.78, 5) is 11.9. The molecule has 2 saturated heterocycles. The minimum Gasteiger partial charge on any atom is -0.358 e. The van der Waals surface area contributed by atoms with E-state index in [4.69, 9.17) is 9.72 Å². The van der Waals surface area contributed by atoms with E-state index in [1.807, 2.05) is 12.3 Å². The third kappa shape index (κ3) is 2.34. The lowest BCUT2D eigenvalue weighted by Crippen LogP contribution is -2.32. The van der Waals surface area contributed by atoms with Crippen molar-refractivity contribution in [3.05, 3.63) is 24.2 Å². The Balaban J connectivity index is 1.80. The lowest BCUT2D eigenvalue weighted by atomic mass is 9.97. The van der Waals surface area contributed by atoms with Crippen LogP contribution in [-0.2, 0) is 4.74 Å². The highest BCUT2D eigenvalue weighted by atomic mass is 16.5. The molecule has 21 heavy (non-hydrogen) atoms. The van der Waals surface area contributed by atoms with E-state index >= 15 is 0 Å². The summed E-state index contributed by atoms with van der Waals surface area (Å²) in [6.07, 6.45) is 6.61. The van der Waals surface area contributed by atoms with Gasteiger partial charge in [-0.3, -0.25) is 4.57 Å². The zero-order chi connectivity index (χ0) is 14.2. The first-order valence-corrected chi connectivity index (χ1v) is 7.96. The van der Waals surface area contributed by atoms with Crippen LogP contribution in [0.15, 0.2) is 18.3 Å². The van der Waals surface area contributed by atoms with E-state index in [1.165, 1.54) is 25.2 Å². The van der Waals surface area contributed by atoms with Crippen LogP contribution in [0.3, 0.4) is 0 Å². The minimum absolute atomic E-state index is 0.118. The number of hydrogen-bond acceptors (Lipinski definition) is 4. The fourth-order valence-corrected chi connectivity index (χ4v) is 3.66. The van der Waals surface area contributed by atoms with Crippen molar-refractivity contribution in [2.24, 2.45) is 0 Å². The maximum atomic E-state index is 5.93. The first-order valence-electron chi connectivity index (χ1n) is 7.96. The van der Waals surface area contributed by atoms with Crippen molar-refractivity contribution < 1.29 is 4.74 Å². The molecule has 0 aliphatic carbocycles. The molecule has 2 aromatic rings. The van der Waals surface area contributed by atoms with Crippen LogP contribution in [0, 0.1) is 0 Å². The molecule has 0 bridgehead atoms. The summed E-state index contributed by atoms with van der Waals surface area (Å²) >= 11 is 0. The first-order chi connectivity index (χ1) is 10.3. The molecule has 2 aliphatic heterocycles. The molecule has 5 nitrogen and oxygen atoms in total. The van der Waals surface area contributed by atoms with Crippen LogP contribution in [0.5, 0.6) is 0 Å². The molecule has 4 rings (SSSR count). The van der Waals surface area contributed by atoms with Gasteiger partial charge in [0.2, 0.25) is 0 Å². The molecule has 2 aromatic heterocycles. The van der Waals surface area contributed by atoms with E-state index in [2.05, 4.69) is 27.6 Å².